The number of nitrogens with zero attached hydrogens (tertiary/aromatic N) is 1. The maximum absolute atomic E-state index is 14.2. The van der Waals surface area contributed by atoms with Crippen molar-refractivity contribution in [3.05, 3.63) is 81.9 Å². The highest BCUT2D eigenvalue weighted by molar-refractivity contribution is 5.91. The zero-order chi connectivity index (χ0) is 23.3. The Bertz CT molecular complexity index is 1110. The van der Waals surface area contributed by atoms with E-state index < -0.39 is 5.97 Å². The molecule has 0 aliphatic carbocycles. The summed E-state index contributed by atoms with van der Waals surface area (Å²) >= 11 is 0. The third kappa shape index (κ3) is 4.94. The van der Waals surface area contributed by atoms with E-state index in [4.69, 9.17) is 9.47 Å². The Morgan fingerprint density at radius 3 is 2.50 bits per heavy atom. The minimum absolute atomic E-state index is 0.260. The number of benzene rings is 2. The quantitative estimate of drug-likeness (QED) is 0.479. The monoisotopic (exact) mass is 440 g/mol. The zero-order valence-electron chi connectivity index (χ0n) is 18.9. The number of aromatic nitrogens is 1. The zero-order valence-corrected chi connectivity index (χ0v) is 18.9. The largest absolute Gasteiger partial charge is 0.493 e. The van der Waals surface area contributed by atoms with Gasteiger partial charge in [-0.05, 0) is 44.5 Å². The average Bonchev–Trinajstić information content (AvgIpc) is 3.00. The molecular weight excluding hydrogens is 411 g/mol. The number of aromatic carboxylic acids is 1. The van der Waals surface area contributed by atoms with Crippen LogP contribution in [0.15, 0.2) is 42.5 Å². The van der Waals surface area contributed by atoms with Crippen molar-refractivity contribution in [2.75, 3.05) is 13.7 Å². The van der Waals surface area contributed by atoms with Crippen molar-refractivity contribution in [3.8, 4) is 11.5 Å². The fraction of sp³-hybridized carbons (Fsp3) is 0.320. The first-order chi connectivity index (χ1) is 15.4. The lowest BCUT2D eigenvalue weighted by Crippen LogP contribution is -2.15. The summed E-state index contributed by atoms with van der Waals surface area (Å²) in [5, 5.41) is 13.2. The molecule has 0 spiro atoms. The minimum atomic E-state index is -0.988. The van der Waals surface area contributed by atoms with Gasteiger partial charge in [0.25, 0.3) is 0 Å². The summed E-state index contributed by atoms with van der Waals surface area (Å²) in [6, 6.07) is 12.3. The molecular formula is C25H29FN2O4. The third-order valence-electron chi connectivity index (χ3n) is 5.57. The molecule has 6 nitrogen and oxygen atoms in total. The van der Waals surface area contributed by atoms with Crippen LogP contribution in [-0.4, -0.2) is 29.4 Å². The summed E-state index contributed by atoms with van der Waals surface area (Å²) in [4.78, 5) is 12.0. The molecule has 3 rings (SSSR count). The van der Waals surface area contributed by atoms with Gasteiger partial charge in [0.05, 0.1) is 25.8 Å². The Hall–Kier alpha value is -3.32. The Kier molecular flexibility index (Phi) is 7.53. The number of methoxy groups -OCH3 is 1. The van der Waals surface area contributed by atoms with Crippen molar-refractivity contribution in [2.24, 2.45) is 0 Å². The van der Waals surface area contributed by atoms with Crippen LogP contribution in [0, 0.1) is 19.7 Å². The van der Waals surface area contributed by atoms with Gasteiger partial charge >= 0.3 is 5.97 Å². The normalized spacial score (nSPS) is 10.9. The smallest absolute Gasteiger partial charge is 0.337 e. The SMILES string of the molecule is CCOc1ccc(CNCc2c(C(=O)O)c(C)n(Cc3ccccc3F)c2C)cc1OC. The van der Waals surface area contributed by atoms with Crippen LogP contribution in [0.5, 0.6) is 11.5 Å². The van der Waals surface area contributed by atoms with E-state index in [-0.39, 0.29) is 17.9 Å². The molecule has 0 bridgehead atoms. The van der Waals surface area contributed by atoms with E-state index in [0.29, 0.717) is 48.0 Å². The molecule has 0 saturated heterocycles. The Morgan fingerprint density at radius 1 is 1.09 bits per heavy atom. The van der Waals surface area contributed by atoms with Crippen molar-refractivity contribution < 1.29 is 23.8 Å². The molecule has 0 radical (unpaired) electrons. The second-order valence-electron chi connectivity index (χ2n) is 7.53. The minimum Gasteiger partial charge on any atom is -0.493 e. The molecule has 0 unspecified atom stereocenters. The molecule has 3 aromatic rings. The summed E-state index contributed by atoms with van der Waals surface area (Å²) in [6.45, 7) is 7.27. The maximum atomic E-state index is 14.2. The lowest BCUT2D eigenvalue weighted by atomic mass is 10.1. The summed E-state index contributed by atoms with van der Waals surface area (Å²) in [7, 11) is 1.60. The van der Waals surface area contributed by atoms with Gasteiger partial charge in [-0.25, -0.2) is 9.18 Å². The van der Waals surface area contributed by atoms with Crippen LogP contribution in [-0.2, 0) is 19.6 Å². The number of rotatable bonds is 10. The number of hydrogen-bond donors (Lipinski definition) is 2. The third-order valence-corrected chi connectivity index (χ3v) is 5.57. The Labute approximate surface area is 187 Å². The number of carbonyl (C=O) groups is 1. The summed E-state index contributed by atoms with van der Waals surface area (Å²) in [6.07, 6.45) is 0. The van der Waals surface area contributed by atoms with E-state index in [1.54, 1.807) is 32.2 Å². The van der Waals surface area contributed by atoms with Gasteiger partial charge in [-0.3, -0.25) is 0 Å². The fourth-order valence-electron chi connectivity index (χ4n) is 3.91. The molecule has 0 amide bonds. The first-order valence-electron chi connectivity index (χ1n) is 10.5. The molecule has 32 heavy (non-hydrogen) atoms. The van der Waals surface area contributed by atoms with E-state index in [0.717, 1.165) is 11.3 Å². The average molecular weight is 441 g/mol. The predicted molar refractivity (Wildman–Crippen MR) is 121 cm³/mol. The van der Waals surface area contributed by atoms with Gasteiger partial charge in [-0.2, -0.15) is 0 Å². The van der Waals surface area contributed by atoms with Crippen molar-refractivity contribution in [2.45, 2.75) is 40.4 Å². The first-order valence-corrected chi connectivity index (χ1v) is 10.5. The second kappa shape index (κ2) is 10.3. The number of nitrogens with one attached hydrogen (secondary N) is 1. The maximum Gasteiger partial charge on any atom is 0.337 e. The molecule has 0 aliphatic rings. The van der Waals surface area contributed by atoms with Gasteiger partial charge < -0.3 is 24.5 Å². The lowest BCUT2D eigenvalue weighted by Gasteiger charge is -2.12. The number of carboxylic acid groups (broad SMARTS) is 1. The molecule has 0 aliphatic heterocycles. The van der Waals surface area contributed by atoms with Crippen LogP contribution in [0.1, 0.15) is 45.4 Å². The van der Waals surface area contributed by atoms with E-state index in [1.165, 1.54) is 6.07 Å². The van der Waals surface area contributed by atoms with Crippen LogP contribution >= 0.6 is 0 Å². The van der Waals surface area contributed by atoms with Gasteiger partial charge in [0.1, 0.15) is 5.82 Å². The Morgan fingerprint density at radius 2 is 1.84 bits per heavy atom. The summed E-state index contributed by atoms with van der Waals surface area (Å²) in [5.41, 5.74) is 3.88. The van der Waals surface area contributed by atoms with Crippen molar-refractivity contribution in [1.29, 1.82) is 0 Å². The molecule has 0 atom stereocenters. The molecule has 0 fully saturated rings. The number of ether oxygens (including phenoxy) is 2. The van der Waals surface area contributed by atoms with Crippen LogP contribution in [0.2, 0.25) is 0 Å². The van der Waals surface area contributed by atoms with Gasteiger partial charge in [0, 0.05) is 35.6 Å². The first kappa shape index (κ1) is 23.3. The molecule has 1 aromatic heterocycles. The van der Waals surface area contributed by atoms with Crippen molar-refractivity contribution in [1.82, 2.24) is 9.88 Å². The fourth-order valence-corrected chi connectivity index (χ4v) is 3.91. The highest BCUT2D eigenvalue weighted by atomic mass is 19.1. The molecule has 170 valence electrons. The molecule has 2 aromatic carbocycles. The van der Waals surface area contributed by atoms with Crippen LogP contribution in [0.4, 0.5) is 4.39 Å². The Balaban J connectivity index is 1.81. The number of carboxylic acids is 1. The standard InChI is InChI=1S/C25H29FN2O4/c1-5-32-22-11-10-18(12-23(22)31-4)13-27-14-20-16(2)28(17(3)24(20)25(29)30)15-19-8-6-7-9-21(19)26/h6-12,27H,5,13-15H2,1-4H3,(H,29,30). The molecule has 7 heteroatoms. The topological polar surface area (TPSA) is 72.7 Å². The van der Waals surface area contributed by atoms with Gasteiger partial charge in [0.15, 0.2) is 11.5 Å². The van der Waals surface area contributed by atoms with Gasteiger partial charge in [-0.1, -0.05) is 24.3 Å². The van der Waals surface area contributed by atoms with E-state index in [2.05, 4.69) is 5.32 Å². The summed E-state index contributed by atoms with van der Waals surface area (Å²) < 4.78 is 27.0. The molecule has 2 N–H and O–H groups in total. The van der Waals surface area contributed by atoms with Crippen LogP contribution < -0.4 is 14.8 Å². The van der Waals surface area contributed by atoms with Crippen molar-refractivity contribution in [3.63, 3.8) is 0 Å². The predicted octanol–water partition coefficient (Wildman–Crippen LogP) is 4.69. The van der Waals surface area contributed by atoms with E-state index in [1.807, 2.05) is 36.6 Å². The molecule has 0 saturated carbocycles. The van der Waals surface area contributed by atoms with Gasteiger partial charge in [0.2, 0.25) is 0 Å². The van der Waals surface area contributed by atoms with Crippen LogP contribution in [0.25, 0.3) is 0 Å². The lowest BCUT2D eigenvalue weighted by molar-refractivity contribution is 0.0694. The number of halogens is 1. The van der Waals surface area contributed by atoms with E-state index in [9.17, 15) is 14.3 Å². The van der Waals surface area contributed by atoms with E-state index >= 15 is 0 Å². The highest BCUT2D eigenvalue weighted by Gasteiger charge is 2.23. The summed E-state index contributed by atoms with van der Waals surface area (Å²) in [5.74, 6) is 0.0439. The van der Waals surface area contributed by atoms with Crippen LogP contribution in [0.3, 0.4) is 0 Å². The highest BCUT2D eigenvalue weighted by Crippen LogP contribution is 2.28. The molecule has 1 heterocycles. The number of hydrogen-bond acceptors (Lipinski definition) is 4. The van der Waals surface area contributed by atoms with Gasteiger partial charge in [-0.15, -0.1) is 0 Å². The second-order valence-corrected chi connectivity index (χ2v) is 7.53. The van der Waals surface area contributed by atoms with Crippen molar-refractivity contribution >= 4 is 5.97 Å².